The number of nitrogens with one attached hydrogen (secondary N) is 1. The second kappa shape index (κ2) is 8.87. The predicted molar refractivity (Wildman–Crippen MR) is 108 cm³/mol. The number of tetrazole rings is 1. The van der Waals surface area contributed by atoms with Gasteiger partial charge in [0.15, 0.2) is 0 Å². The number of carbonyl (C=O) groups excluding carboxylic acids is 2. The molecule has 1 aliphatic rings. The second-order valence-corrected chi connectivity index (χ2v) is 7.73. The Morgan fingerprint density at radius 1 is 1.38 bits per heavy atom. The molecule has 0 bridgehead atoms. The molecular formula is C19H26ClN7O2. The van der Waals surface area contributed by atoms with Crippen molar-refractivity contribution in [2.24, 2.45) is 11.7 Å². The highest BCUT2D eigenvalue weighted by atomic mass is 35.5. The number of likely N-dealkylation sites (tertiary alicyclic amines) is 1. The third-order valence-corrected chi connectivity index (χ3v) is 6.04. The summed E-state index contributed by atoms with van der Waals surface area (Å²) < 4.78 is 1.51. The number of rotatable bonds is 7. The molecular weight excluding hydrogens is 394 g/mol. The van der Waals surface area contributed by atoms with E-state index in [2.05, 4.69) is 20.8 Å². The van der Waals surface area contributed by atoms with Gasteiger partial charge in [0.2, 0.25) is 11.8 Å². The summed E-state index contributed by atoms with van der Waals surface area (Å²) in [4.78, 5) is 27.6. The highest BCUT2D eigenvalue weighted by molar-refractivity contribution is 6.30. The lowest BCUT2D eigenvalue weighted by Gasteiger charge is -2.47. The fraction of sp³-hybridized carbons (Fsp3) is 0.526. The Bertz CT molecular complexity index is 873. The molecule has 0 spiro atoms. The molecule has 1 unspecified atom stereocenters. The lowest BCUT2D eigenvalue weighted by molar-refractivity contribution is -0.145. The monoisotopic (exact) mass is 419 g/mol. The van der Waals surface area contributed by atoms with Gasteiger partial charge in [0.05, 0.1) is 11.6 Å². The zero-order valence-corrected chi connectivity index (χ0v) is 17.4. The first-order valence-corrected chi connectivity index (χ1v) is 10.1. The van der Waals surface area contributed by atoms with Gasteiger partial charge in [-0.05, 0) is 66.5 Å². The zero-order valence-electron chi connectivity index (χ0n) is 16.6. The van der Waals surface area contributed by atoms with Gasteiger partial charge < -0.3 is 11.1 Å². The minimum Gasteiger partial charge on any atom is -0.368 e. The van der Waals surface area contributed by atoms with Crippen LogP contribution in [0.4, 0.5) is 0 Å². The molecule has 0 saturated carbocycles. The summed E-state index contributed by atoms with van der Waals surface area (Å²) in [7, 11) is 0. The van der Waals surface area contributed by atoms with Crippen molar-refractivity contribution in [2.75, 3.05) is 13.1 Å². The van der Waals surface area contributed by atoms with Crippen molar-refractivity contribution >= 4 is 23.4 Å². The van der Waals surface area contributed by atoms with E-state index in [0.29, 0.717) is 23.7 Å². The molecule has 2 atom stereocenters. The number of aromatic nitrogens is 4. The molecule has 2 heterocycles. The second-order valence-electron chi connectivity index (χ2n) is 7.29. The van der Waals surface area contributed by atoms with Crippen LogP contribution in [0.5, 0.6) is 0 Å². The predicted octanol–water partition coefficient (Wildman–Crippen LogP) is 1.30. The number of nitrogens with two attached hydrogens (primary N) is 1. The maximum absolute atomic E-state index is 13.0. The summed E-state index contributed by atoms with van der Waals surface area (Å²) in [6, 6.07) is 5.27. The van der Waals surface area contributed by atoms with Crippen molar-refractivity contribution in [1.82, 2.24) is 30.4 Å². The number of benzene rings is 1. The molecule has 10 heteroatoms. The minimum absolute atomic E-state index is 0.222. The molecule has 3 N–H and O–H groups in total. The summed E-state index contributed by atoms with van der Waals surface area (Å²) in [6.45, 7) is 5.40. The number of likely N-dealkylation sites (N-methyl/N-ethyl adjacent to an activating group) is 1. The Balaban J connectivity index is 1.80. The normalized spacial score (nSPS) is 20.9. The number of primary amides is 1. The lowest BCUT2D eigenvalue weighted by atomic mass is 9.75. The highest BCUT2D eigenvalue weighted by Crippen LogP contribution is 2.35. The van der Waals surface area contributed by atoms with Gasteiger partial charge in [-0.25, -0.2) is 4.68 Å². The van der Waals surface area contributed by atoms with E-state index in [0.717, 1.165) is 24.9 Å². The summed E-state index contributed by atoms with van der Waals surface area (Å²) in [6.07, 6.45) is 3.92. The maximum Gasteiger partial charge on any atom is 0.238 e. The van der Waals surface area contributed by atoms with Crippen LogP contribution in [-0.2, 0) is 16.1 Å². The van der Waals surface area contributed by atoms with Crippen LogP contribution in [0, 0.1) is 5.92 Å². The Labute approximate surface area is 174 Å². The number of piperidine rings is 1. The third-order valence-electron chi connectivity index (χ3n) is 5.81. The topological polar surface area (TPSA) is 119 Å². The van der Waals surface area contributed by atoms with Crippen LogP contribution in [-0.4, -0.2) is 55.5 Å². The van der Waals surface area contributed by atoms with E-state index in [4.69, 9.17) is 17.3 Å². The molecule has 1 aromatic heterocycles. The van der Waals surface area contributed by atoms with Gasteiger partial charge in [0.1, 0.15) is 11.9 Å². The van der Waals surface area contributed by atoms with Crippen LogP contribution >= 0.6 is 11.6 Å². The van der Waals surface area contributed by atoms with Gasteiger partial charge in [0, 0.05) is 11.6 Å². The van der Waals surface area contributed by atoms with Crippen molar-refractivity contribution in [2.45, 2.75) is 45.2 Å². The molecule has 29 heavy (non-hydrogen) atoms. The van der Waals surface area contributed by atoms with Crippen molar-refractivity contribution < 1.29 is 9.59 Å². The summed E-state index contributed by atoms with van der Waals surface area (Å²) in [5.74, 6) is -1.26. The summed E-state index contributed by atoms with van der Waals surface area (Å²) >= 11 is 6.14. The molecule has 1 aliphatic heterocycles. The lowest BCUT2D eigenvalue weighted by Crippen LogP contribution is -2.65. The quantitative estimate of drug-likeness (QED) is 0.698. The number of halogens is 1. The minimum atomic E-state index is -0.968. The van der Waals surface area contributed by atoms with E-state index in [9.17, 15) is 9.59 Å². The molecule has 1 saturated heterocycles. The highest BCUT2D eigenvalue weighted by Gasteiger charge is 2.50. The van der Waals surface area contributed by atoms with Crippen LogP contribution < -0.4 is 11.1 Å². The summed E-state index contributed by atoms with van der Waals surface area (Å²) in [5.41, 5.74) is 6.32. The zero-order chi connectivity index (χ0) is 21.0. The molecule has 9 nitrogen and oxygen atoms in total. The van der Waals surface area contributed by atoms with Gasteiger partial charge >= 0.3 is 0 Å². The number of amides is 2. The molecule has 156 valence electrons. The third kappa shape index (κ3) is 4.11. The molecule has 3 rings (SSSR count). The van der Waals surface area contributed by atoms with Gasteiger partial charge in [-0.15, -0.1) is 5.10 Å². The van der Waals surface area contributed by atoms with E-state index in [1.54, 1.807) is 25.1 Å². The van der Waals surface area contributed by atoms with Crippen LogP contribution in [0.1, 0.15) is 38.7 Å². The van der Waals surface area contributed by atoms with Crippen molar-refractivity contribution in [3.63, 3.8) is 0 Å². The molecule has 0 aliphatic carbocycles. The molecule has 0 radical (unpaired) electrons. The van der Waals surface area contributed by atoms with Crippen molar-refractivity contribution in [3.05, 3.63) is 35.1 Å². The number of hydrogen-bond acceptors (Lipinski definition) is 6. The van der Waals surface area contributed by atoms with E-state index in [-0.39, 0.29) is 12.5 Å². The van der Waals surface area contributed by atoms with Crippen LogP contribution in [0.2, 0.25) is 5.02 Å². The standard InChI is InChI=1S/C19H26ClN7O2/c1-3-26-9-5-4-8-19(26,18(21)29)13(2)17(28)22-11-14-10-15(20)6-7-16(14)27-12-23-24-25-27/h6-7,10,12-13H,3-5,8-9,11H2,1-2H3,(H2,21,29)(H,22,28)/t13-,19?/m1/s1. The average molecular weight is 420 g/mol. The average Bonchev–Trinajstić information content (AvgIpc) is 3.25. The number of nitrogens with zero attached hydrogens (tertiary/aromatic N) is 5. The first kappa shape index (κ1) is 21.2. The van der Waals surface area contributed by atoms with Crippen LogP contribution in [0.25, 0.3) is 5.69 Å². The van der Waals surface area contributed by atoms with E-state index >= 15 is 0 Å². The van der Waals surface area contributed by atoms with Gasteiger partial charge in [-0.3, -0.25) is 14.5 Å². The fourth-order valence-corrected chi connectivity index (χ4v) is 4.42. The molecule has 1 fully saturated rings. The van der Waals surface area contributed by atoms with Gasteiger partial charge in [-0.1, -0.05) is 25.4 Å². The Morgan fingerprint density at radius 3 is 2.83 bits per heavy atom. The van der Waals surface area contributed by atoms with E-state index < -0.39 is 17.4 Å². The Kier molecular flexibility index (Phi) is 6.49. The number of hydrogen-bond donors (Lipinski definition) is 2. The van der Waals surface area contributed by atoms with Crippen molar-refractivity contribution in [3.8, 4) is 5.69 Å². The largest absolute Gasteiger partial charge is 0.368 e. The fourth-order valence-electron chi connectivity index (χ4n) is 4.22. The Morgan fingerprint density at radius 2 is 2.17 bits per heavy atom. The number of carbonyl (C=O) groups is 2. The van der Waals surface area contributed by atoms with Gasteiger partial charge in [-0.2, -0.15) is 0 Å². The van der Waals surface area contributed by atoms with Crippen LogP contribution in [0.3, 0.4) is 0 Å². The molecule has 1 aromatic carbocycles. The van der Waals surface area contributed by atoms with Gasteiger partial charge in [0.25, 0.3) is 0 Å². The Hall–Kier alpha value is -2.52. The molecule has 2 aromatic rings. The first-order chi connectivity index (χ1) is 13.9. The molecule has 2 amide bonds. The smallest absolute Gasteiger partial charge is 0.238 e. The van der Waals surface area contributed by atoms with E-state index in [1.807, 2.05) is 11.8 Å². The maximum atomic E-state index is 13.0. The summed E-state index contributed by atoms with van der Waals surface area (Å²) in [5, 5.41) is 14.7. The van der Waals surface area contributed by atoms with Crippen molar-refractivity contribution in [1.29, 1.82) is 0 Å². The van der Waals surface area contributed by atoms with Crippen LogP contribution in [0.15, 0.2) is 24.5 Å². The first-order valence-electron chi connectivity index (χ1n) is 9.74. The van der Waals surface area contributed by atoms with E-state index in [1.165, 1.54) is 11.0 Å². The SMILES string of the molecule is CCN1CCCCC1(C(N)=O)[C@H](C)C(=O)NCc1cc(Cl)ccc1-n1cnnn1.